The first-order valence-electron chi connectivity index (χ1n) is 8.88. The van der Waals surface area contributed by atoms with Crippen molar-refractivity contribution in [2.75, 3.05) is 13.7 Å². The molecule has 3 aromatic rings. The summed E-state index contributed by atoms with van der Waals surface area (Å²) < 4.78 is 7.33. The number of aromatic hydroxyl groups is 1. The highest BCUT2D eigenvalue weighted by atomic mass is 16.5. The number of carbonyl (C=O) groups is 1. The minimum Gasteiger partial charge on any atom is -0.504 e. The van der Waals surface area contributed by atoms with E-state index in [-0.39, 0.29) is 11.7 Å². The van der Waals surface area contributed by atoms with Gasteiger partial charge in [-0.15, -0.1) is 0 Å². The van der Waals surface area contributed by atoms with Crippen LogP contribution in [0.15, 0.2) is 48.5 Å². The highest BCUT2D eigenvalue weighted by Crippen LogP contribution is 2.31. The fourth-order valence-electron chi connectivity index (χ4n) is 3.31. The van der Waals surface area contributed by atoms with Crippen LogP contribution in [-0.4, -0.2) is 29.2 Å². The van der Waals surface area contributed by atoms with E-state index >= 15 is 0 Å². The number of phenolic OH excluding ortho intramolecular Hbond substituents is 1. The molecule has 0 aliphatic carbocycles. The Morgan fingerprint density at radius 3 is 2.74 bits per heavy atom. The third-order valence-electron chi connectivity index (χ3n) is 4.56. The summed E-state index contributed by atoms with van der Waals surface area (Å²) in [7, 11) is 1.51. The van der Waals surface area contributed by atoms with E-state index in [4.69, 9.17) is 4.74 Å². The number of ether oxygens (including phenoxy) is 1. The number of benzene rings is 2. The molecule has 0 bridgehead atoms. The largest absolute Gasteiger partial charge is 0.504 e. The summed E-state index contributed by atoms with van der Waals surface area (Å²) in [4.78, 5) is 12.1. The van der Waals surface area contributed by atoms with Crippen LogP contribution in [0.3, 0.4) is 0 Å². The SMILES string of the molecule is COc1c(C)cc(C=CC(=O)NCCn2c(C)cc3ccccc32)cc1O. The summed E-state index contributed by atoms with van der Waals surface area (Å²) in [5, 5.41) is 14.0. The Balaban J connectivity index is 1.60. The Bertz CT molecular complexity index is 979. The van der Waals surface area contributed by atoms with Crippen LogP contribution in [0.4, 0.5) is 0 Å². The van der Waals surface area contributed by atoms with Crippen LogP contribution < -0.4 is 10.1 Å². The molecule has 0 aliphatic heterocycles. The predicted molar refractivity (Wildman–Crippen MR) is 108 cm³/mol. The second-order valence-electron chi connectivity index (χ2n) is 6.51. The average molecular weight is 364 g/mol. The number of hydrogen-bond acceptors (Lipinski definition) is 3. The summed E-state index contributed by atoms with van der Waals surface area (Å²) in [5.41, 5.74) is 3.90. The number of fused-ring (bicyclic) bond motifs is 1. The number of amides is 1. The number of hydrogen-bond donors (Lipinski definition) is 2. The molecule has 0 fully saturated rings. The van der Waals surface area contributed by atoms with E-state index in [1.165, 1.54) is 29.8 Å². The summed E-state index contributed by atoms with van der Waals surface area (Å²) in [5.74, 6) is 0.343. The highest BCUT2D eigenvalue weighted by Gasteiger charge is 2.07. The van der Waals surface area contributed by atoms with Gasteiger partial charge in [-0.25, -0.2) is 0 Å². The van der Waals surface area contributed by atoms with E-state index in [2.05, 4.69) is 35.0 Å². The van der Waals surface area contributed by atoms with Gasteiger partial charge in [-0.3, -0.25) is 4.79 Å². The molecule has 2 N–H and O–H groups in total. The zero-order valence-electron chi connectivity index (χ0n) is 15.8. The van der Waals surface area contributed by atoms with Gasteiger partial charge in [-0.2, -0.15) is 0 Å². The zero-order chi connectivity index (χ0) is 19.4. The Kier molecular flexibility index (Phi) is 5.50. The first-order chi connectivity index (χ1) is 13.0. The maximum absolute atomic E-state index is 12.1. The topological polar surface area (TPSA) is 63.5 Å². The van der Waals surface area contributed by atoms with Gasteiger partial charge >= 0.3 is 0 Å². The van der Waals surface area contributed by atoms with Crippen LogP contribution in [0.5, 0.6) is 11.5 Å². The average Bonchev–Trinajstić information content (AvgIpc) is 2.95. The maximum Gasteiger partial charge on any atom is 0.244 e. The molecule has 5 heteroatoms. The van der Waals surface area contributed by atoms with E-state index in [0.29, 0.717) is 18.8 Å². The number of aromatic nitrogens is 1. The molecule has 0 atom stereocenters. The van der Waals surface area contributed by atoms with Gasteiger partial charge in [0.2, 0.25) is 5.91 Å². The standard InChI is InChI=1S/C22H24N2O3/c1-15-12-17(14-20(25)22(15)27-3)8-9-21(26)23-10-11-24-16(2)13-18-6-4-5-7-19(18)24/h4-9,12-14,25H,10-11H2,1-3H3,(H,23,26). The van der Waals surface area contributed by atoms with Crippen molar-refractivity contribution >= 4 is 22.9 Å². The summed E-state index contributed by atoms with van der Waals surface area (Å²) >= 11 is 0. The number of nitrogens with zero attached hydrogens (tertiary/aromatic N) is 1. The van der Waals surface area contributed by atoms with Crippen LogP contribution in [0, 0.1) is 13.8 Å². The monoisotopic (exact) mass is 364 g/mol. The van der Waals surface area contributed by atoms with E-state index in [1.807, 2.05) is 25.1 Å². The Morgan fingerprint density at radius 2 is 2.00 bits per heavy atom. The van der Waals surface area contributed by atoms with Gasteiger partial charge in [0.1, 0.15) is 0 Å². The minimum atomic E-state index is -0.169. The molecule has 0 saturated carbocycles. The van der Waals surface area contributed by atoms with Gasteiger partial charge in [0.25, 0.3) is 0 Å². The third-order valence-corrected chi connectivity index (χ3v) is 4.56. The zero-order valence-corrected chi connectivity index (χ0v) is 15.8. The lowest BCUT2D eigenvalue weighted by Gasteiger charge is -2.09. The fourth-order valence-corrected chi connectivity index (χ4v) is 3.31. The van der Waals surface area contributed by atoms with Crippen molar-refractivity contribution in [2.24, 2.45) is 0 Å². The fraction of sp³-hybridized carbons (Fsp3) is 0.227. The molecular formula is C22H24N2O3. The molecule has 1 heterocycles. The van der Waals surface area contributed by atoms with Crippen LogP contribution in [0.25, 0.3) is 17.0 Å². The maximum atomic E-state index is 12.1. The van der Waals surface area contributed by atoms with Crippen LogP contribution in [0.2, 0.25) is 0 Å². The minimum absolute atomic E-state index is 0.0625. The molecule has 1 amide bonds. The molecule has 3 rings (SSSR count). The first-order valence-corrected chi connectivity index (χ1v) is 8.88. The molecule has 0 radical (unpaired) electrons. The van der Waals surface area contributed by atoms with Gasteiger partial charge in [0.15, 0.2) is 11.5 Å². The van der Waals surface area contributed by atoms with Crippen LogP contribution in [0.1, 0.15) is 16.8 Å². The Hall–Kier alpha value is -3.21. The first kappa shape index (κ1) is 18.6. The van der Waals surface area contributed by atoms with Crippen molar-refractivity contribution in [1.29, 1.82) is 0 Å². The number of methoxy groups -OCH3 is 1. The summed E-state index contributed by atoms with van der Waals surface area (Å²) in [6.07, 6.45) is 3.15. The van der Waals surface area contributed by atoms with E-state index < -0.39 is 0 Å². The molecular weight excluding hydrogens is 340 g/mol. The summed E-state index contributed by atoms with van der Waals surface area (Å²) in [6.45, 7) is 5.16. The van der Waals surface area contributed by atoms with E-state index in [0.717, 1.165) is 11.1 Å². The number of nitrogens with one attached hydrogen (secondary N) is 1. The molecule has 1 aromatic heterocycles. The van der Waals surface area contributed by atoms with E-state index in [9.17, 15) is 9.90 Å². The van der Waals surface area contributed by atoms with Gasteiger partial charge in [0, 0.05) is 30.4 Å². The summed E-state index contributed by atoms with van der Waals surface area (Å²) in [6, 6.07) is 13.8. The number of aryl methyl sites for hydroxylation is 2. The Morgan fingerprint density at radius 1 is 1.22 bits per heavy atom. The third kappa shape index (κ3) is 4.14. The second-order valence-corrected chi connectivity index (χ2v) is 6.51. The van der Waals surface area contributed by atoms with Crippen LogP contribution >= 0.6 is 0 Å². The lowest BCUT2D eigenvalue weighted by atomic mass is 10.1. The molecule has 140 valence electrons. The molecule has 0 spiro atoms. The quantitative estimate of drug-likeness (QED) is 0.654. The van der Waals surface area contributed by atoms with Gasteiger partial charge in [-0.05, 0) is 60.7 Å². The molecule has 5 nitrogen and oxygen atoms in total. The van der Waals surface area contributed by atoms with Crippen molar-refractivity contribution in [3.63, 3.8) is 0 Å². The van der Waals surface area contributed by atoms with Crippen molar-refractivity contribution in [3.8, 4) is 11.5 Å². The number of phenols is 1. The van der Waals surface area contributed by atoms with Crippen LogP contribution in [-0.2, 0) is 11.3 Å². The van der Waals surface area contributed by atoms with Gasteiger partial charge in [-0.1, -0.05) is 18.2 Å². The van der Waals surface area contributed by atoms with Gasteiger partial charge in [0.05, 0.1) is 7.11 Å². The second kappa shape index (κ2) is 7.99. The molecule has 0 unspecified atom stereocenters. The van der Waals surface area contributed by atoms with Crippen molar-refractivity contribution in [3.05, 3.63) is 65.4 Å². The van der Waals surface area contributed by atoms with Crippen molar-refractivity contribution in [1.82, 2.24) is 9.88 Å². The number of rotatable bonds is 6. The van der Waals surface area contributed by atoms with Gasteiger partial charge < -0.3 is 19.7 Å². The molecule has 2 aromatic carbocycles. The Labute approximate surface area is 158 Å². The smallest absolute Gasteiger partial charge is 0.244 e. The number of para-hydroxylation sites is 1. The lowest BCUT2D eigenvalue weighted by molar-refractivity contribution is -0.116. The molecule has 0 aliphatic rings. The number of carbonyl (C=O) groups excluding carboxylic acids is 1. The highest BCUT2D eigenvalue weighted by molar-refractivity contribution is 5.91. The molecule has 0 saturated heterocycles. The van der Waals surface area contributed by atoms with Crippen molar-refractivity contribution in [2.45, 2.75) is 20.4 Å². The normalized spacial score (nSPS) is 11.2. The van der Waals surface area contributed by atoms with Crippen molar-refractivity contribution < 1.29 is 14.6 Å². The lowest BCUT2D eigenvalue weighted by Crippen LogP contribution is -2.25. The van der Waals surface area contributed by atoms with E-state index in [1.54, 1.807) is 12.1 Å². The molecule has 27 heavy (non-hydrogen) atoms. The predicted octanol–water partition coefficient (Wildman–Crippen LogP) is 3.80.